The van der Waals surface area contributed by atoms with Crippen molar-refractivity contribution in [3.05, 3.63) is 47.6 Å². The topological polar surface area (TPSA) is 178 Å². The van der Waals surface area contributed by atoms with Crippen LogP contribution in [0.2, 0.25) is 0 Å². The van der Waals surface area contributed by atoms with E-state index in [0.29, 0.717) is 12.0 Å². The third-order valence-electron chi connectivity index (χ3n) is 11.0. The third kappa shape index (κ3) is 6.24. The first kappa shape index (κ1) is 35.4. The van der Waals surface area contributed by atoms with E-state index in [9.17, 15) is 34.8 Å². The summed E-state index contributed by atoms with van der Waals surface area (Å²) in [5, 5.41) is 40.9. The SMILES string of the molecule is CO[C@H]1CC2C=C[C@H]3[C@H]4O[C@]2(/C(C)=C/[C@@H](C)[C@@H]([C@@H](C)OC(=O)CC(CO)(CO)CO)OC1=O)[C@@H]3[C@H](O)[C@@H](C)[C@H]4OC(=O)C1=CC=CC1. The Hall–Kier alpha value is -2.87. The molecule has 0 amide bonds. The van der Waals surface area contributed by atoms with Crippen molar-refractivity contribution in [2.45, 2.75) is 89.2 Å². The molecule has 3 aliphatic carbocycles. The van der Waals surface area contributed by atoms with Gasteiger partial charge in [0.2, 0.25) is 0 Å². The monoisotopic (exact) mass is 660 g/mol. The van der Waals surface area contributed by atoms with E-state index < -0.39 is 110 Å². The normalized spacial score (nSPS) is 39.6. The minimum absolute atomic E-state index is 0.179. The van der Waals surface area contributed by atoms with Crippen LogP contribution in [0.15, 0.2) is 47.6 Å². The molecule has 0 aromatic rings. The summed E-state index contributed by atoms with van der Waals surface area (Å²) in [6.07, 6.45) is 6.51. The van der Waals surface area contributed by atoms with Gasteiger partial charge in [-0.3, -0.25) is 4.79 Å². The first-order valence-electron chi connectivity index (χ1n) is 16.4. The van der Waals surface area contributed by atoms with Crippen molar-refractivity contribution < 1.29 is 58.5 Å². The summed E-state index contributed by atoms with van der Waals surface area (Å²) in [7, 11) is 1.41. The van der Waals surface area contributed by atoms with Gasteiger partial charge in [0.15, 0.2) is 6.10 Å². The third-order valence-corrected chi connectivity index (χ3v) is 11.0. The van der Waals surface area contributed by atoms with E-state index in [2.05, 4.69) is 0 Å². The van der Waals surface area contributed by atoms with Gasteiger partial charge in [0, 0.05) is 42.3 Å². The van der Waals surface area contributed by atoms with E-state index in [4.69, 9.17) is 23.7 Å². The van der Waals surface area contributed by atoms with Gasteiger partial charge in [0.25, 0.3) is 0 Å². The standard InChI is InChI=1S/C35H48O12/c1-18-12-19(2)35-23(13-25(43-5)33(42)45-29(18)21(4)44-26(39)14-34(15-36,16-37)17-38)10-11-24-27(35)28(40)20(3)30(31(24)47-35)46-32(41)22-8-6-7-9-22/h6-8,10-12,18,20-21,23-25,27-31,36-38,40H,9,13-17H2,1-5H3/b19-12+/t18-,20-,21-,23?,24-,25+,27+,28-,29+,30-,31-,35+/m1/s1. The molecule has 12 heteroatoms. The summed E-state index contributed by atoms with van der Waals surface area (Å²) in [5.41, 5.74) is -1.17. The highest BCUT2D eigenvalue weighted by atomic mass is 16.6. The van der Waals surface area contributed by atoms with Gasteiger partial charge in [0.1, 0.15) is 30.0 Å². The Kier molecular flexibility index (Phi) is 10.5. The van der Waals surface area contributed by atoms with Crippen LogP contribution in [0.4, 0.5) is 0 Å². The van der Waals surface area contributed by atoms with Crippen LogP contribution in [0, 0.1) is 35.0 Å². The minimum Gasteiger partial charge on any atom is -0.459 e. The molecule has 0 aromatic heterocycles. The number of allylic oxidation sites excluding steroid dienone is 3. The molecule has 2 fully saturated rings. The van der Waals surface area contributed by atoms with Crippen LogP contribution in [0.1, 0.15) is 47.0 Å². The number of rotatable bonds is 10. The van der Waals surface area contributed by atoms with Gasteiger partial charge in [-0.15, -0.1) is 0 Å². The Labute approximate surface area is 275 Å². The Morgan fingerprint density at radius 3 is 2.47 bits per heavy atom. The Balaban J connectivity index is 1.47. The van der Waals surface area contributed by atoms with Crippen LogP contribution >= 0.6 is 0 Å². The zero-order chi connectivity index (χ0) is 34.3. The summed E-state index contributed by atoms with van der Waals surface area (Å²) in [4.78, 5) is 39.6. The maximum Gasteiger partial charge on any atom is 0.335 e. The lowest BCUT2D eigenvalue weighted by Gasteiger charge is -2.49. The molecule has 1 saturated carbocycles. The number of hydrogen-bond acceptors (Lipinski definition) is 12. The number of methoxy groups -OCH3 is 1. The highest BCUT2D eigenvalue weighted by Gasteiger charge is 2.69. The van der Waals surface area contributed by atoms with E-state index >= 15 is 0 Å². The molecule has 1 spiro atoms. The van der Waals surface area contributed by atoms with Crippen molar-refractivity contribution >= 4 is 17.9 Å². The predicted molar refractivity (Wildman–Crippen MR) is 166 cm³/mol. The van der Waals surface area contributed by atoms with Gasteiger partial charge in [-0.25, -0.2) is 9.59 Å². The van der Waals surface area contributed by atoms with Crippen molar-refractivity contribution in [3.8, 4) is 0 Å². The summed E-state index contributed by atoms with van der Waals surface area (Å²) < 4.78 is 30.3. The van der Waals surface area contributed by atoms with Crippen LogP contribution in [0.5, 0.6) is 0 Å². The summed E-state index contributed by atoms with van der Waals surface area (Å²) >= 11 is 0. The molecule has 1 unspecified atom stereocenters. The second-order valence-corrected chi connectivity index (χ2v) is 13.9. The summed E-state index contributed by atoms with van der Waals surface area (Å²) in [6.45, 7) is 5.31. The van der Waals surface area contributed by atoms with E-state index in [-0.39, 0.29) is 18.3 Å². The number of esters is 3. The molecular formula is C35H48O12. The number of aliphatic hydroxyl groups excluding tert-OH is 4. The molecule has 5 rings (SSSR count). The van der Waals surface area contributed by atoms with Crippen molar-refractivity contribution in [1.29, 1.82) is 0 Å². The van der Waals surface area contributed by atoms with Gasteiger partial charge < -0.3 is 44.1 Å². The molecule has 0 aromatic carbocycles. The first-order chi connectivity index (χ1) is 22.4. The quantitative estimate of drug-likeness (QED) is 0.151. The van der Waals surface area contributed by atoms with Gasteiger partial charge >= 0.3 is 17.9 Å². The predicted octanol–water partition coefficient (Wildman–Crippen LogP) is 1.55. The fraction of sp³-hybridized carbons (Fsp3) is 0.686. The first-order valence-corrected chi connectivity index (χ1v) is 16.4. The fourth-order valence-corrected chi connectivity index (χ4v) is 8.22. The zero-order valence-electron chi connectivity index (χ0n) is 27.6. The van der Waals surface area contributed by atoms with Gasteiger partial charge in [-0.2, -0.15) is 0 Å². The Bertz CT molecular complexity index is 1320. The molecule has 12 nitrogen and oxygen atoms in total. The molecule has 0 radical (unpaired) electrons. The molecule has 260 valence electrons. The molecule has 2 aliphatic heterocycles. The second-order valence-electron chi connectivity index (χ2n) is 13.9. The number of cyclic esters (lactones) is 1. The van der Waals surface area contributed by atoms with Crippen molar-refractivity contribution in [2.24, 2.45) is 35.0 Å². The molecule has 1 saturated heterocycles. The average Bonchev–Trinajstić information content (AvgIpc) is 3.66. The van der Waals surface area contributed by atoms with Gasteiger partial charge in [-0.05, 0) is 32.3 Å². The highest BCUT2D eigenvalue weighted by molar-refractivity contribution is 5.90. The number of aliphatic hydroxyl groups is 4. The highest BCUT2D eigenvalue weighted by Crippen LogP contribution is 2.61. The molecule has 47 heavy (non-hydrogen) atoms. The van der Waals surface area contributed by atoms with E-state index in [1.54, 1.807) is 13.0 Å². The smallest absolute Gasteiger partial charge is 0.335 e. The van der Waals surface area contributed by atoms with Crippen LogP contribution in [-0.2, 0) is 38.1 Å². The number of ether oxygens (including phenoxy) is 5. The largest absolute Gasteiger partial charge is 0.459 e. The molecule has 5 aliphatic rings. The van der Waals surface area contributed by atoms with E-state index in [1.165, 1.54) is 7.11 Å². The van der Waals surface area contributed by atoms with Crippen molar-refractivity contribution in [1.82, 2.24) is 0 Å². The Morgan fingerprint density at radius 2 is 1.85 bits per heavy atom. The number of hydrogen-bond donors (Lipinski definition) is 4. The van der Waals surface area contributed by atoms with Crippen LogP contribution in [-0.4, -0.2) is 107 Å². The molecular weight excluding hydrogens is 612 g/mol. The zero-order valence-corrected chi connectivity index (χ0v) is 27.6. The summed E-state index contributed by atoms with van der Waals surface area (Å²) in [6, 6.07) is 0. The molecule has 2 heterocycles. The second kappa shape index (κ2) is 13.9. The molecule has 4 bridgehead atoms. The molecule has 4 N–H and O–H groups in total. The maximum atomic E-state index is 13.6. The maximum absolute atomic E-state index is 13.6. The van der Waals surface area contributed by atoms with Crippen molar-refractivity contribution in [3.63, 3.8) is 0 Å². The number of carbonyl (C=O) groups excluding carboxylic acids is 3. The molecule has 12 atom stereocenters. The van der Waals surface area contributed by atoms with Crippen LogP contribution in [0.3, 0.4) is 0 Å². The number of carbonyl (C=O) groups is 3. The Morgan fingerprint density at radius 1 is 1.15 bits per heavy atom. The average molecular weight is 661 g/mol. The van der Waals surface area contributed by atoms with Crippen molar-refractivity contribution in [2.75, 3.05) is 26.9 Å². The lowest BCUT2D eigenvalue weighted by atomic mass is 9.57. The van der Waals surface area contributed by atoms with Gasteiger partial charge in [-0.1, -0.05) is 50.3 Å². The fourth-order valence-electron chi connectivity index (χ4n) is 8.22. The van der Waals surface area contributed by atoms with E-state index in [1.807, 2.05) is 51.2 Å². The minimum atomic E-state index is -1.46. The lowest BCUT2D eigenvalue weighted by Crippen LogP contribution is -2.57. The van der Waals surface area contributed by atoms with Crippen LogP contribution < -0.4 is 0 Å². The lowest BCUT2D eigenvalue weighted by molar-refractivity contribution is -0.181. The van der Waals surface area contributed by atoms with Gasteiger partial charge in [0.05, 0.1) is 37.8 Å². The summed E-state index contributed by atoms with van der Waals surface area (Å²) in [5.74, 6) is -3.84. The van der Waals surface area contributed by atoms with E-state index in [0.717, 1.165) is 5.57 Å². The van der Waals surface area contributed by atoms with Crippen LogP contribution in [0.25, 0.3) is 0 Å².